The van der Waals surface area contributed by atoms with E-state index >= 15 is 0 Å². The predicted molar refractivity (Wildman–Crippen MR) is 125 cm³/mol. The van der Waals surface area contributed by atoms with Crippen molar-refractivity contribution >= 4 is 11.2 Å². The Kier molecular flexibility index (Phi) is 13.7. The van der Waals surface area contributed by atoms with E-state index in [1.54, 1.807) is 53.1 Å². The molecule has 5 nitrogen and oxygen atoms in total. The van der Waals surface area contributed by atoms with E-state index in [1.807, 2.05) is 52.8 Å². The van der Waals surface area contributed by atoms with Crippen LogP contribution in [0.15, 0.2) is 92.3 Å². The Morgan fingerprint density at radius 3 is 2.28 bits per heavy atom. The summed E-state index contributed by atoms with van der Waals surface area (Å²) in [6, 6.07) is 3.52. The topological polar surface area (TPSA) is 52.3 Å². The highest BCUT2D eigenvalue weighted by molar-refractivity contribution is 5.71. The molecule has 2 aromatic rings. The van der Waals surface area contributed by atoms with Crippen molar-refractivity contribution in [2.24, 2.45) is 0 Å². The molecule has 5 heteroatoms. The minimum absolute atomic E-state index is 0.407. The van der Waals surface area contributed by atoms with Gasteiger partial charge in [-0.25, -0.2) is 0 Å². The standard InChI is InChI=1S/C20H20N4O.2C2H6/c1-5-9-12-16(8-4)20-22-21-18-14-15-19(23-24(18)20)25-17(11-7-3)13-10-6-2;2*1-2/h5-15H,2-4H2,1H3;2*1-2H3/b9-5-,13-10-,16-12+,17-11+;;. The third-order valence-corrected chi connectivity index (χ3v) is 3.09. The van der Waals surface area contributed by atoms with Crippen LogP contribution in [0.3, 0.4) is 0 Å². The van der Waals surface area contributed by atoms with Gasteiger partial charge in [-0.05, 0) is 25.1 Å². The molecule has 29 heavy (non-hydrogen) atoms. The second-order valence-electron chi connectivity index (χ2n) is 4.82. The van der Waals surface area contributed by atoms with Crippen molar-refractivity contribution in [3.63, 3.8) is 0 Å². The lowest BCUT2D eigenvalue weighted by molar-refractivity contribution is 0.417. The van der Waals surface area contributed by atoms with E-state index in [2.05, 4.69) is 35.0 Å². The molecule has 0 unspecified atom stereocenters. The molecule has 0 aliphatic heterocycles. The first-order valence-electron chi connectivity index (χ1n) is 9.71. The number of fused-ring (bicyclic) bond motifs is 1. The normalized spacial score (nSPS) is 11.5. The molecule has 0 saturated heterocycles. The van der Waals surface area contributed by atoms with Gasteiger partial charge < -0.3 is 4.74 Å². The van der Waals surface area contributed by atoms with Crippen molar-refractivity contribution in [3.05, 3.63) is 98.1 Å². The van der Waals surface area contributed by atoms with E-state index in [0.29, 0.717) is 23.1 Å². The van der Waals surface area contributed by atoms with E-state index in [4.69, 9.17) is 4.74 Å². The zero-order chi connectivity index (χ0) is 22.1. The fourth-order valence-corrected chi connectivity index (χ4v) is 1.96. The van der Waals surface area contributed by atoms with Crippen LogP contribution >= 0.6 is 0 Å². The maximum atomic E-state index is 5.79. The Hall–Kier alpha value is -3.47. The Labute approximate surface area is 174 Å². The number of ether oxygens (including phenoxy) is 1. The maximum Gasteiger partial charge on any atom is 0.237 e. The highest BCUT2D eigenvalue weighted by Gasteiger charge is 2.11. The summed E-state index contributed by atoms with van der Waals surface area (Å²) in [7, 11) is 0. The smallest absolute Gasteiger partial charge is 0.237 e. The molecule has 0 aromatic carbocycles. The second kappa shape index (κ2) is 15.6. The first kappa shape index (κ1) is 25.5. The molecule has 0 atom stereocenters. The molecule has 0 saturated carbocycles. The summed E-state index contributed by atoms with van der Waals surface area (Å²) in [6.45, 7) is 21.1. The lowest BCUT2D eigenvalue weighted by atomic mass is 10.2. The van der Waals surface area contributed by atoms with Gasteiger partial charge >= 0.3 is 0 Å². The van der Waals surface area contributed by atoms with Crippen LogP contribution < -0.4 is 4.74 Å². The summed E-state index contributed by atoms with van der Waals surface area (Å²) in [5.74, 6) is 1.58. The largest absolute Gasteiger partial charge is 0.438 e. The van der Waals surface area contributed by atoms with Gasteiger partial charge in [-0.15, -0.1) is 15.3 Å². The van der Waals surface area contributed by atoms with Crippen LogP contribution in [-0.2, 0) is 0 Å². The van der Waals surface area contributed by atoms with Crippen molar-refractivity contribution in [1.82, 2.24) is 19.8 Å². The maximum absolute atomic E-state index is 5.79. The van der Waals surface area contributed by atoms with E-state index < -0.39 is 0 Å². The zero-order valence-corrected chi connectivity index (χ0v) is 18.2. The Morgan fingerprint density at radius 2 is 1.69 bits per heavy atom. The Bertz CT molecular complexity index is 899. The van der Waals surface area contributed by atoms with Gasteiger partial charge in [0.2, 0.25) is 5.88 Å². The summed E-state index contributed by atoms with van der Waals surface area (Å²) in [6.07, 6.45) is 16.0. The highest BCUT2D eigenvalue weighted by atomic mass is 16.5. The summed E-state index contributed by atoms with van der Waals surface area (Å²) in [5.41, 5.74) is 1.43. The molecule has 0 fully saturated rings. The van der Waals surface area contributed by atoms with Crippen molar-refractivity contribution in [3.8, 4) is 5.88 Å². The quantitative estimate of drug-likeness (QED) is 0.379. The highest BCUT2D eigenvalue weighted by Crippen LogP contribution is 2.18. The molecule has 154 valence electrons. The molecule has 2 aromatic heterocycles. The Balaban J connectivity index is 0.00000184. The average Bonchev–Trinajstić information content (AvgIpc) is 3.19. The summed E-state index contributed by atoms with van der Waals surface area (Å²) >= 11 is 0. The van der Waals surface area contributed by atoms with Crippen molar-refractivity contribution in [2.45, 2.75) is 34.6 Å². The van der Waals surface area contributed by atoms with Gasteiger partial charge in [-0.1, -0.05) is 90.0 Å². The van der Waals surface area contributed by atoms with Crippen LogP contribution in [0.5, 0.6) is 5.88 Å². The van der Waals surface area contributed by atoms with Crippen molar-refractivity contribution in [1.29, 1.82) is 0 Å². The zero-order valence-electron chi connectivity index (χ0n) is 18.2. The van der Waals surface area contributed by atoms with Crippen LogP contribution in [0.25, 0.3) is 11.2 Å². The fraction of sp³-hybridized carbons (Fsp3) is 0.208. The fourth-order valence-electron chi connectivity index (χ4n) is 1.96. The monoisotopic (exact) mass is 392 g/mol. The Morgan fingerprint density at radius 1 is 0.966 bits per heavy atom. The molecule has 0 radical (unpaired) electrons. The minimum Gasteiger partial charge on any atom is -0.438 e. The van der Waals surface area contributed by atoms with Crippen LogP contribution in [0.4, 0.5) is 0 Å². The molecular formula is C24H32N4O. The van der Waals surface area contributed by atoms with Gasteiger partial charge in [0, 0.05) is 11.6 Å². The summed E-state index contributed by atoms with van der Waals surface area (Å²) in [5, 5.41) is 12.8. The first-order valence-corrected chi connectivity index (χ1v) is 9.71. The molecular weight excluding hydrogens is 360 g/mol. The molecule has 0 aliphatic carbocycles. The van der Waals surface area contributed by atoms with Crippen LogP contribution in [0.2, 0.25) is 0 Å². The van der Waals surface area contributed by atoms with Gasteiger partial charge in [0.1, 0.15) is 5.76 Å². The first-order chi connectivity index (χ1) is 14.2. The van der Waals surface area contributed by atoms with Gasteiger partial charge in [-0.3, -0.25) is 0 Å². The number of allylic oxidation sites excluding steroid dienone is 10. The number of rotatable bonds is 8. The third-order valence-electron chi connectivity index (χ3n) is 3.09. The average molecular weight is 393 g/mol. The van der Waals surface area contributed by atoms with Crippen LogP contribution in [-0.4, -0.2) is 19.8 Å². The van der Waals surface area contributed by atoms with Gasteiger partial charge in [-0.2, -0.15) is 4.52 Å². The number of hydrogen-bond donors (Lipinski definition) is 0. The molecule has 2 rings (SSSR count). The molecule has 0 N–H and O–H groups in total. The molecule has 2 heterocycles. The van der Waals surface area contributed by atoms with Gasteiger partial charge in [0.05, 0.1) is 0 Å². The molecule has 0 aliphatic rings. The molecule has 0 spiro atoms. The second-order valence-corrected chi connectivity index (χ2v) is 4.82. The lowest BCUT2D eigenvalue weighted by Gasteiger charge is -2.06. The summed E-state index contributed by atoms with van der Waals surface area (Å²) < 4.78 is 7.41. The van der Waals surface area contributed by atoms with Crippen molar-refractivity contribution in [2.75, 3.05) is 0 Å². The van der Waals surface area contributed by atoms with Crippen LogP contribution in [0.1, 0.15) is 40.4 Å². The third kappa shape index (κ3) is 7.97. The van der Waals surface area contributed by atoms with Gasteiger partial charge in [0.15, 0.2) is 11.5 Å². The van der Waals surface area contributed by atoms with Crippen LogP contribution in [0, 0.1) is 0 Å². The summed E-state index contributed by atoms with van der Waals surface area (Å²) in [4.78, 5) is 0. The van der Waals surface area contributed by atoms with Crippen molar-refractivity contribution < 1.29 is 4.74 Å². The minimum atomic E-state index is 0.407. The molecule has 0 amide bonds. The van der Waals surface area contributed by atoms with E-state index in [1.165, 1.54) is 0 Å². The van der Waals surface area contributed by atoms with E-state index in [-0.39, 0.29) is 0 Å². The number of aromatic nitrogens is 4. The lowest BCUT2D eigenvalue weighted by Crippen LogP contribution is -2.01. The number of hydrogen-bond acceptors (Lipinski definition) is 4. The SMILES string of the molecule is C=C/C=C\C(=C/C=C)Oc1ccc2nnc(/C(C=C)=C/C=C\C)n2n1.CC.CC. The molecule has 0 bridgehead atoms. The predicted octanol–water partition coefficient (Wildman–Crippen LogP) is 6.51. The van der Waals surface area contributed by atoms with E-state index in [0.717, 1.165) is 5.57 Å². The van der Waals surface area contributed by atoms with Gasteiger partial charge in [0.25, 0.3) is 0 Å². The van der Waals surface area contributed by atoms with E-state index in [9.17, 15) is 0 Å². The number of nitrogens with zero attached hydrogens (tertiary/aromatic N) is 4.